The fourth-order valence-corrected chi connectivity index (χ4v) is 1.64. The largest absolute Gasteiger partial charge is 0.381 e. The maximum Gasteiger partial charge on any atom is 0.0480 e. The van der Waals surface area contributed by atoms with Gasteiger partial charge < -0.3 is 10.1 Å². The van der Waals surface area contributed by atoms with E-state index in [4.69, 9.17) is 4.74 Å². The molecule has 2 aliphatic heterocycles. The van der Waals surface area contributed by atoms with Crippen LogP contribution in [0.5, 0.6) is 0 Å². The summed E-state index contributed by atoms with van der Waals surface area (Å²) in [6.45, 7) is 3.19. The molecule has 2 nitrogen and oxygen atoms in total. The van der Waals surface area contributed by atoms with Crippen molar-refractivity contribution in [3.05, 3.63) is 0 Å². The molecule has 2 fully saturated rings. The number of rotatable bonds is 0. The molecule has 2 heteroatoms. The van der Waals surface area contributed by atoms with E-state index in [0.717, 1.165) is 25.2 Å². The second-order valence-corrected chi connectivity index (χ2v) is 2.96. The zero-order valence-corrected chi connectivity index (χ0v) is 5.60. The molecule has 2 aliphatic rings. The molecule has 0 aromatic carbocycles. The van der Waals surface area contributed by atoms with E-state index >= 15 is 0 Å². The third kappa shape index (κ3) is 0.970. The molecule has 0 aromatic heterocycles. The third-order valence-corrected chi connectivity index (χ3v) is 2.42. The smallest absolute Gasteiger partial charge is 0.0480 e. The number of fused-ring (bicyclic) bond motifs is 1. The Kier molecular flexibility index (Phi) is 1.44. The van der Waals surface area contributed by atoms with Crippen molar-refractivity contribution in [3.63, 3.8) is 0 Å². The van der Waals surface area contributed by atoms with Crippen LogP contribution < -0.4 is 5.32 Å². The topological polar surface area (TPSA) is 21.3 Å². The highest BCUT2D eigenvalue weighted by Gasteiger charge is 2.30. The van der Waals surface area contributed by atoms with Gasteiger partial charge in [-0.05, 0) is 25.3 Å². The molecule has 0 saturated carbocycles. The van der Waals surface area contributed by atoms with Gasteiger partial charge in [-0.25, -0.2) is 0 Å². The summed E-state index contributed by atoms with van der Waals surface area (Å²) in [5.41, 5.74) is 0. The molecule has 52 valence electrons. The zero-order chi connectivity index (χ0) is 6.10. The number of hydrogen-bond donors (Lipinski definition) is 1. The normalized spacial score (nSPS) is 42.7. The predicted molar refractivity (Wildman–Crippen MR) is 35.3 cm³/mol. The van der Waals surface area contributed by atoms with Crippen molar-refractivity contribution < 1.29 is 4.74 Å². The van der Waals surface area contributed by atoms with E-state index in [9.17, 15) is 0 Å². The third-order valence-electron chi connectivity index (χ3n) is 2.42. The first-order valence-corrected chi connectivity index (χ1v) is 3.78. The molecule has 0 amide bonds. The first-order chi connectivity index (χ1) is 4.47. The molecule has 2 saturated heterocycles. The summed E-state index contributed by atoms with van der Waals surface area (Å²) in [5, 5.41) is 3.41. The summed E-state index contributed by atoms with van der Waals surface area (Å²) in [6.07, 6.45) is 2.50. The van der Waals surface area contributed by atoms with E-state index in [2.05, 4.69) is 5.32 Å². The average Bonchev–Trinajstić information content (AvgIpc) is 1.94. The van der Waals surface area contributed by atoms with Crippen LogP contribution in [0.2, 0.25) is 0 Å². The summed E-state index contributed by atoms with van der Waals surface area (Å²) in [4.78, 5) is 0. The van der Waals surface area contributed by atoms with E-state index in [-0.39, 0.29) is 0 Å². The van der Waals surface area contributed by atoms with Crippen LogP contribution in [0.15, 0.2) is 0 Å². The lowest BCUT2D eigenvalue weighted by Crippen LogP contribution is -2.52. The molecule has 0 radical (unpaired) electrons. The van der Waals surface area contributed by atoms with Gasteiger partial charge in [-0.3, -0.25) is 0 Å². The van der Waals surface area contributed by atoms with Crippen molar-refractivity contribution in [1.82, 2.24) is 5.32 Å². The molecule has 2 rings (SSSR count). The molecule has 2 heterocycles. The summed E-state index contributed by atoms with van der Waals surface area (Å²) in [5.74, 6) is 0.937. The van der Waals surface area contributed by atoms with Crippen LogP contribution in [0.25, 0.3) is 0 Å². The van der Waals surface area contributed by atoms with Crippen LogP contribution in [-0.2, 0) is 4.74 Å². The molecule has 9 heavy (non-hydrogen) atoms. The Labute approximate surface area is 55.6 Å². The van der Waals surface area contributed by atoms with Crippen molar-refractivity contribution in [2.75, 3.05) is 19.8 Å². The highest BCUT2D eigenvalue weighted by atomic mass is 16.5. The fourth-order valence-electron chi connectivity index (χ4n) is 1.64. The fraction of sp³-hybridized carbons (Fsp3) is 1.00. The molecular weight excluding hydrogens is 114 g/mol. The van der Waals surface area contributed by atoms with Crippen LogP contribution in [0, 0.1) is 5.92 Å². The Morgan fingerprint density at radius 3 is 2.89 bits per heavy atom. The maximum atomic E-state index is 5.34. The number of ether oxygens (including phenoxy) is 1. The van der Waals surface area contributed by atoms with Gasteiger partial charge in [0.15, 0.2) is 0 Å². The van der Waals surface area contributed by atoms with E-state index in [1.807, 2.05) is 0 Å². The monoisotopic (exact) mass is 127 g/mol. The minimum Gasteiger partial charge on any atom is -0.381 e. The molecule has 2 atom stereocenters. The van der Waals surface area contributed by atoms with Gasteiger partial charge >= 0.3 is 0 Å². The van der Waals surface area contributed by atoms with Crippen molar-refractivity contribution in [3.8, 4) is 0 Å². The van der Waals surface area contributed by atoms with Gasteiger partial charge in [0.05, 0.1) is 0 Å². The predicted octanol–water partition coefficient (Wildman–Crippen LogP) is 0.385. The van der Waals surface area contributed by atoms with Gasteiger partial charge in [0.1, 0.15) is 0 Å². The van der Waals surface area contributed by atoms with Crippen LogP contribution in [0.1, 0.15) is 12.8 Å². The van der Waals surface area contributed by atoms with E-state index in [1.54, 1.807) is 0 Å². The average molecular weight is 127 g/mol. The summed E-state index contributed by atoms with van der Waals surface area (Å²) < 4.78 is 5.34. The maximum absolute atomic E-state index is 5.34. The first-order valence-electron chi connectivity index (χ1n) is 3.78. The molecule has 0 aromatic rings. The lowest BCUT2D eigenvalue weighted by molar-refractivity contribution is 0.142. The van der Waals surface area contributed by atoms with Crippen molar-refractivity contribution in [2.24, 2.45) is 5.92 Å². The summed E-state index contributed by atoms with van der Waals surface area (Å²) >= 11 is 0. The van der Waals surface area contributed by atoms with Crippen molar-refractivity contribution in [2.45, 2.75) is 18.9 Å². The van der Waals surface area contributed by atoms with Gasteiger partial charge in [-0.2, -0.15) is 0 Å². The molecule has 2 unspecified atom stereocenters. The molecule has 0 spiro atoms. The van der Waals surface area contributed by atoms with Crippen LogP contribution in [0.4, 0.5) is 0 Å². The zero-order valence-electron chi connectivity index (χ0n) is 5.60. The van der Waals surface area contributed by atoms with Crippen LogP contribution in [-0.4, -0.2) is 25.8 Å². The quantitative estimate of drug-likeness (QED) is 0.508. The highest BCUT2D eigenvalue weighted by molar-refractivity contribution is 4.88. The highest BCUT2D eigenvalue weighted by Crippen LogP contribution is 2.22. The second-order valence-electron chi connectivity index (χ2n) is 2.96. The van der Waals surface area contributed by atoms with E-state index < -0.39 is 0 Å². The minimum atomic E-state index is 0.799. The number of nitrogens with one attached hydrogen (secondary N) is 1. The van der Waals surface area contributed by atoms with Gasteiger partial charge in [-0.15, -0.1) is 0 Å². The van der Waals surface area contributed by atoms with Gasteiger partial charge in [-0.1, -0.05) is 0 Å². The molecule has 0 bridgehead atoms. The van der Waals surface area contributed by atoms with Crippen molar-refractivity contribution in [1.29, 1.82) is 0 Å². The molecular formula is C7H13NO. The Morgan fingerprint density at radius 2 is 2.11 bits per heavy atom. The SMILES string of the molecule is C1CC2CNC2CCO1. The van der Waals surface area contributed by atoms with Gasteiger partial charge in [0, 0.05) is 19.3 Å². The van der Waals surface area contributed by atoms with Crippen molar-refractivity contribution >= 4 is 0 Å². The standard InChI is InChI=1S/C7H13NO/c1-3-9-4-2-7-6(1)5-8-7/h6-8H,1-5H2. The Hall–Kier alpha value is -0.0800. The first kappa shape index (κ1) is 5.69. The molecule has 0 aliphatic carbocycles. The minimum absolute atomic E-state index is 0.799. The Balaban J connectivity index is 1.90. The van der Waals surface area contributed by atoms with E-state index in [1.165, 1.54) is 19.4 Å². The van der Waals surface area contributed by atoms with Crippen LogP contribution >= 0.6 is 0 Å². The van der Waals surface area contributed by atoms with Crippen LogP contribution in [0.3, 0.4) is 0 Å². The molecule has 1 N–H and O–H groups in total. The summed E-state index contributed by atoms with van der Waals surface area (Å²) in [7, 11) is 0. The number of hydrogen-bond acceptors (Lipinski definition) is 2. The second kappa shape index (κ2) is 2.27. The van der Waals surface area contributed by atoms with E-state index in [0.29, 0.717) is 0 Å². The Morgan fingerprint density at radius 1 is 1.22 bits per heavy atom. The lowest BCUT2D eigenvalue weighted by atomic mass is 9.88. The Bertz CT molecular complexity index is 93.1. The van der Waals surface area contributed by atoms with Gasteiger partial charge in [0.25, 0.3) is 0 Å². The summed E-state index contributed by atoms with van der Waals surface area (Å²) in [6, 6.07) is 0.799. The lowest BCUT2D eigenvalue weighted by Gasteiger charge is -2.36. The van der Waals surface area contributed by atoms with Gasteiger partial charge in [0.2, 0.25) is 0 Å².